The molecular weight excluding hydrogens is 426 g/mol. The van der Waals surface area contributed by atoms with Crippen molar-refractivity contribution in [2.45, 2.75) is 65.5 Å². The Morgan fingerprint density at radius 3 is 2.41 bits per heavy atom. The van der Waals surface area contributed by atoms with Crippen molar-refractivity contribution in [3.8, 4) is 0 Å². The van der Waals surface area contributed by atoms with Crippen molar-refractivity contribution in [1.29, 1.82) is 0 Å². The monoisotopic (exact) mass is 460 g/mol. The summed E-state index contributed by atoms with van der Waals surface area (Å²) in [6, 6.07) is 9.01. The van der Waals surface area contributed by atoms with Gasteiger partial charge >= 0.3 is 0 Å². The van der Waals surface area contributed by atoms with E-state index in [9.17, 15) is 19.5 Å². The Bertz CT molecular complexity index is 900. The van der Waals surface area contributed by atoms with Crippen molar-refractivity contribution >= 4 is 39.3 Å². The molecule has 0 saturated heterocycles. The van der Waals surface area contributed by atoms with Crippen molar-refractivity contribution in [3.63, 3.8) is 0 Å². The third-order valence-corrected chi connectivity index (χ3v) is 6.23. The number of hydrogen-bond donors (Lipinski definition) is 2. The largest absolute Gasteiger partial charge is 0.530 e. The number of unbranched alkanes of at least 4 members (excludes halogenated alkanes) is 1. The fourth-order valence-electron chi connectivity index (χ4n) is 3.46. The number of nitrogens with zero attached hydrogens (tertiary/aromatic N) is 1. The van der Waals surface area contributed by atoms with Crippen LogP contribution >= 0.6 is 11.3 Å². The molecule has 0 unspecified atom stereocenters. The summed E-state index contributed by atoms with van der Waals surface area (Å²) in [6.07, 6.45) is 0.575. The molecule has 3 amide bonds. The quantitative estimate of drug-likeness (QED) is 0.531. The van der Waals surface area contributed by atoms with Gasteiger partial charge in [-0.1, -0.05) is 32.0 Å². The van der Waals surface area contributed by atoms with Gasteiger partial charge in [0.1, 0.15) is 12.1 Å². The van der Waals surface area contributed by atoms with Crippen LogP contribution in [0.25, 0.3) is 10.1 Å². The number of benzene rings is 1. The molecule has 0 fully saturated rings. The SMILES string of the molecule is CC(C)C[C@H](NC(=O)c1cc2ccccc2s1)C(=O)NCCCCN(C(=O)[O-])C(C)(C)C. The van der Waals surface area contributed by atoms with E-state index in [0.717, 1.165) is 10.1 Å². The lowest BCUT2D eigenvalue weighted by atomic mass is 10.0. The van der Waals surface area contributed by atoms with Gasteiger partial charge in [-0.2, -0.15) is 0 Å². The van der Waals surface area contributed by atoms with Gasteiger partial charge in [0.2, 0.25) is 5.91 Å². The number of carbonyl (C=O) groups is 3. The van der Waals surface area contributed by atoms with Gasteiger partial charge in [-0.25, -0.2) is 0 Å². The summed E-state index contributed by atoms with van der Waals surface area (Å²) >= 11 is 1.41. The molecule has 7 nitrogen and oxygen atoms in total. The number of carboxylic acid groups (broad SMARTS) is 1. The van der Waals surface area contributed by atoms with Gasteiger partial charge in [-0.05, 0) is 63.5 Å². The second kappa shape index (κ2) is 11.3. The van der Waals surface area contributed by atoms with Crippen molar-refractivity contribution in [2.24, 2.45) is 5.92 Å². The second-order valence-corrected chi connectivity index (χ2v) is 10.5. The fraction of sp³-hybridized carbons (Fsp3) is 0.542. The van der Waals surface area contributed by atoms with Crippen molar-refractivity contribution in [3.05, 3.63) is 35.2 Å². The average Bonchev–Trinajstić information content (AvgIpc) is 3.12. The summed E-state index contributed by atoms with van der Waals surface area (Å²) < 4.78 is 1.03. The van der Waals surface area contributed by atoms with E-state index >= 15 is 0 Å². The molecule has 0 bridgehead atoms. The summed E-state index contributed by atoms with van der Waals surface area (Å²) in [4.78, 5) is 38.7. The number of rotatable bonds is 10. The first-order valence-corrected chi connectivity index (χ1v) is 11.9. The Kier molecular flexibility index (Phi) is 9.07. The van der Waals surface area contributed by atoms with Gasteiger partial charge < -0.3 is 25.4 Å². The van der Waals surface area contributed by atoms with Crippen molar-refractivity contribution < 1.29 is 19.5 Å². The number of fused-ring (bicyclic) bond motifs is 1. The molecule has 176 valence electrons. The highest BCUT2D eigenvalue weighted by molar-refractivity contribution is 7.20. The molecule has 1 atom stereocenters. The van der Waals surface area contributed by atoms with Crippen LogP contribution in [-0.2, 0) is 4.79 Å². The molecule has 0 aliphatic carbocycles. The van der Waals surface area contributed by atoms with Crippen LogP contribution in [0.1, 0.15) is 63.6 Å². The Morgan fingerprint density at radius 1 is 1.12 bits per heavy atom. The third kappa shape index (κ3) is 7.51. The molecule has 32 heavy (non-hydrogen) atoms. The zero-order valence-electron chi connectivity index (χ0n) is 19.6. The first kappa shape index (κ1) is 25.6. The van der Waals surface area contributed by atoms with Crippen LogP contribution in [0.15, 0.2) is 30.3 Å². The van der Waals surface area contributed by atoms with E-state index in [4.69, 9.17) is 0 Å². The topological polar surface area (TPSA) is 102 Å². The van der Waals surface area contributed by atoms with Crippen LogP contribution in [-0.4, -0.2) is 47.5 Å². The van der Waals surface area contributed by atoms with Crippen LogP contribution in [0.5, 0.6) is 0 Å². The Morgan fingerprint density at radius 2 is 1.81 bits per heavy atom. The predicted octanol–water partition coefficient (Wildman–Crippen LogP) is 3.39. The molecule has 1 heterocycles. The molecule has 8 heteroatoms. The minimum absolute atomic E-state index is 0.222. The molecule has 0 aliphatic heterocycles. The molecule has 0 radical (unpaired) electrons. The summed E-state index contributed by atoms with van der Waals surface area (Å²) in [5.41, 5.74) is -0.526. The van der Waals surface area contributed by atoms with Crippen LogP contribution < -0.4 is 15.7 Å². The van der Waals surface area contributed by atoms with E-state index in [1.165, 1.54) is 16.2 Å². The van der Waals surface area contributed by atoms with E-state index in [-0.39, 0.29) is 17.7 Å². The highest BCUT2D eigenvalue weighted by Gasteiger charge is 2.24. The minimum atomic E-state index is -1.19. The zero-order valence-corrected chi connectivity index (χ0v) is 20.4. The Balaban J connectivity index is 1.89. The maximum atomic E-state index is 12.8. The standard InChI is InChI=1S/C24H35N3O4S/c1-16(2)14-18(26-22(29)20-15-17-10-6-7-11-19(17)32-20)21(28)25-12-8-9-13-27(23(30)31)24(3,4)5/h6-7,10-11,15-16,18H,8-9,12-14H2,1-5H3,(H,25,28)(H,26,29)(H,30,31)/p-1/t18-/m0/s1. The van der Waals surface area contributed by atoms with Gasteiger partial charge in [0.05, 0.1) is 4.88 Å². The van der Waals surface area contributed by atoms with Crippen LogP contribution in [0.4, 0.5) is 4.79 Å². The molecule has 1 aromatic carbocycles. The molecule has 2 rings (SSSR count). The van der Waals surface area contributed by atoms with Crippen LogP contribution in [0.3, 0.4) is 0 Å². The molecule has 0 spiro atoms. The zero-order chi connectivity index (χ0) is 23.9. The third-order valence-electron chi connectivity index (χ3n) is 5.12. The number of nitrogens with one attached hydrogen (secondary N) is 2. The van der Waals surface area contributed by atoms with E-state index in [1.807, 2.05) is 65.0 Å². The Hall–Kier alpha value is -2.61. The lowest BCUT2D eigenvalue weighted by Crippen LogP contribution is -2.52. The number of carbonyl (C=O) groups excluding carboxylic acids is 3. The lowest BCUT2D eigenvalue weighted by molar-refractivity contribution is -0.270. The van der Waals surface area contributed by atoms with E-state index in [0.29, 0.717) is 37.2 Å². The summed E-state index contributed by atoms with van der Waals surface area (Å²) in [6.45, 7) is 10.2. The summed E-state index contributed by atoms with van der Waals surface area (Å²) in [7, 11) is 0. The van der Waals surface area contributed by atoms with Gasteiger partial charge in [0, 0.05) is 23.3 Å². The van der Waals surface area contributed by atoms with Crippen molar-refractivity contribution in [1.82, 2.24) is 15.5 Å². The fourth-order valence-corrected chi connectivity index (χ4v) is 4.42. The lowest BCUT2D eigenvalue weighted by Gasteiger charge is -2.38. The molecule has 0 aliphatic rings. The predicted molar refractivity (Wildman–Crippen MR) is 127 cm³/mol. The first-order valence-electron chi connectivity index (χ1n) is 11.0. The number of thiophene rings is 1. The molecule has 2 aromatic rings. The summed E-state index contributed by atoms with van der Waals surface area (Å²) in [5.74, 6) is -0.237. The normalized spacial score (nSPS) is 12.6. The molecule has 0 saturated carbocycles. The smallest absolute Gasteiger partial charge is 0.262 e. The van der Waals surface area contributed by atoms with E-state index in [2.05, 4.69) is 10.6 Å². The number of hydrogen-bond acceptors (Lipinski definition) is 5. The highest BCUT2D eigenvalue weighted by atomic mass is 32.1. The molecule has 2 N–H and O–H groups in total. The van der Waals surface area contributed by atoms with Gasteiger partial charge in [0.15, 0.2) is 0 Å². The van der Waals surface area contributed by atoms with Gasteiger partial charge in [-0.3, -0.25) is 9.59 Å². The van der Waals surface area contributed by atoms with Gasteiger partial charge in [0.25, 0.3) is 5.91 Å². The van der Waals surface area contributed by atoms with E-state index < -0.39 is 17.7 Å². The summed E-state index contributed by atoms with van der Waals surface area (Å²) in [5, 5.41) is 18.1. The van der Waals surface area contributed by atoms with Crippen LogP contribution in [0.2, 0.25) is 0 Å². The first-order chi connectivity index (χ1) is 15.0. The Labute approximate surface area is 194 Å². The second-order valence-electron chi connectivity index (χ2n) is 9.39. The number of amides is 3. The maximum Gasteiger partial charge on any atom is 0.262 e. The van der Waals surface area contributed by atoms with Crippen LogP contribution in [0, 0.1) is 5.92 Å². The maximum absolute atomic E-state index is 12.8. The molecule has 1 aromatic heterocycles. The van der Waals surface area contributed by atoms with Crippen molar-refractivity contribution in [2.75, 3.05) is 13.1 Å². The molecular formula is C24H34N3O4S-. The minimum Gasteiger partial charge on any atom is -0.530 e. The van der Waals surface area contributed by atoms with E-state index in [1.54, 1.807) is 0 Å². The average molecular weight is 461 g/mol. The van der Waals surface area contributed by atoms with Gasteiger partial charge in [-0.15, -0.1) is 11.3 Å². The highest BCUT2D eigenvalue weighted by Crippen LogP contribution is 2.25.